The Labute approximate surface area is 99.6 Å². The molecule has 88 valence electrons. The van der Waals surface area contributed by atoms with Crippen LogP contribution in [0.15, 0.2) is 28.8 Å². The molecule has 1 aromatic carbocycles. The van der Waals surface area contributed by atoms with E-state index in [1.165, 1.54) is 12.8 Å². The number of para-hydroxylation sites is 1. The van der Waals surface area contributed by atoms with Gasteiger partial charge in [-0.15, -0.1) is 0 Å². The van der Waals surface area contributed by atoms with E-state index in [4.69, 9.17) is 9.26 Å². The van der Waals surface area contributed by atoms with Crippen molar-refractivity contribution in [3.63, 3.8) is 0 Å². The number of aromatic nitrogens is 2. The maximum Gasteiger partial charge on any atom is 0.229 e. The van der Waals surface area contributed by atoms with E-state index < -0.39 is 0 Å². The minimum Gasteiger partial charge on any atom is -0.485 e. The van der Waals surface area contributed by atoms with Gasteiger partial charge in [0.15, 0.2) is 6.61 Å². The number of hydrogen-bond donors (Lipinski definition) is 0. The highest BCUT2D eigenvalue weighted by Crippen LogP contribution is 2.38. The summed E-state index contributed by atoms with van der Waals surface area (Å²) in [6.45, 7) is 2.38. The van der Waals surface area contributed by atoms with Crippen LogP contribution in [-0.4, -0.2) is 10.1 Å². The predicted molar refractivity (Wildman–Crippen MR) is 61.8 cm³/mol. The van der Waals surface area contributed by atoms with Crippen LogP contribution in [0.25, 0.3) is 0 Å². The zero-order chi connectivity index (χ0) is 11.7. The summed E-state index contributed by atoms with van der Waals surface area (Å²) in [5, 5.41) is 3.91. The number of benzene rings is 1. The summed E-state index contributed by atoms with van der Waals surface area (Å²) in [7, 11) is 0. The monoisotopic (exact) mass is 230 g/mol. The average Bonchev–Trinajstić information content (AvgIpc) is 3.08. The van der Waals surface area contributed by atoms with E-state index in [0.29, 0.717) is 18.3 Å². The molecular weight excluding hydrogens is 216 g/mol. The first kappa shape index (κ1) is 10.3. The third kappa shape index (κ3) is 2.30. The fraction of sp³-hybridized carbons (Fsp3) is 0.385. The molecule has 1 aliphatic rings. The van der Waals surface area contributed by atoms with Gasteiger partial charge in [0.2, 0.25) is 11.7 Å². The van der Waals surface area contributed by atoms with Gasteiger partial charge in [0.05, 0.1) is 0 Å². The zero-order valence-corrected chi connectivity index (χ0v) is 9.72. The highest BCUT2D eigenvalue weighted by molar-refractivity contribution is 5.31. The molecule has 1 fully saturated rings. The molecule has 3 rings (SSSR count). The first-order valence-electron chi connectivity index (χ1n) is 5.84. The first-order valence-corrected chi connectivity index (χ1v) is 5.84. The van der Waals surface area contributed by atoms with Crippen molar-refractivity contribution < 1.29 is 9.26 Å². The van der Waals surface area contributed by atoms with Crippen LogP contribution in [-0.2, 0) is 6.61 Å². The summed E-state index contributed by atoms with van der Waals surface area (Å²) in [5.41, 5.74) is 1.11. The van der Waals surface area contributed by atoms with E-state index in [-0.39, 0.29) is 0 Å². The minimum absolute atomic E-state index is 0.362. The molecule has 4 heteroatoms. The lowest BCUT2D eigenvalue weighted by Crippen LogP contribution is -1.98. The maximum atomic E-state index is 5.65. The van der Waals surface area contributed by atoms with Gasteiger partial charge in [-0.3, -0.25) is 0 Å². The van der Waals surface area contributed by atoms with Crippen LogP contribution in [0.2, 0.25) is 0 Å². The Balaban J connectivity index is 1.65. The molecule has 1 aromatic heterocycles. The van der Waals surface area contributed by atoms with E-state index in [9.17, 15) is 0 Å². The molecule has 0 saturated heterocycles. The van der Waals surface area contributed by atoms with Crippen molar-refractivity contribution in [3.05, 3.63) is 41.5 Å². The van der Waals surface area contributed by atoms with Gasteiger partial charge in [-0.05, 0) is 31.4 Å². The molecule has 0 radical (unpaired) electrons. The number of aryl methyl sites for hydroxylation is 1. The second-order valence-electron chi connectivity index (χ2n) is 4.38. The van der Waals surface area contributed by atoms with Gasteiger partial charge in [-0.1, -0.05) is 23.4 Å². The smallest absolute Gasteiger partial charge is 0.229 e. The second-order valence-corrected chi connectivity index (χ2v) is 4.38. The summed E-state index contributed by atoms with van der Waals surface area (Å²) in [6, 6.07) is 7.90. The van der Waals surface area contributed by atoms with E-state index >= 15 is 0 Å². The van der Waals surface area contributed by atoms with E-state index in [1.807, 2.05) is 31.2 Å². The molecular formula is C13H14N2O2. The largest absolute Gasteiger partial charge is 0.485 e. The lowest BCUT2D eigenvalue weighted by atomic mass is 10.2. The second kappa shape index (κ2) is 4.20. The third-order valence-electron chi connectivity index (χ3n) is 2.86. The topological polar surface area (TPSA) is 48.2 Å². The molecule has 0 N–H and O–H groups in total. The van der Waals surface area contributed by atoms with Gasteiger partial charge in [0, 0.05) is 5.92 Å². The standard InChI is InChI=1S/C13H14N2O2/c1-9-4-2-3-5-11(9)16-8-12-14-13(17-15-12)10-6-7-10/h2-5,10H,6-8H2,1H3. The zero-order valence-electron chi connectivity index (χ0n) is 9.72. The van der Waals surface area contributed by atoms with E-state index in [1.54, 1.807) is 0 Å². The summed E-state index contributed by atoms with van der Waals surface area (Å²) in [4.78, 5) is 4.31. The minimum atomic E-state index is 0.362. The Kier molecular flexibility index (Phi) is 2.55. The van der Waals surface area contributed by atoms with Gasteiger partial charge < -0.3 is 9.26 Å². The van der Waals surface area contributed by atoms with E-state index in [2.05, 4.69) is 10.1 Å². The number of nitrogens with zero attached hydrogens (tertiary/aromatic N) is 2. The van der Waals surface area contributed by atoms with Crippen molar-refractivity contribution in [1.82, 2.24) is 10.1 Å². The molecule has 1 heterocycles. The molecule has 0 bridgehead atoms. The molecule has 0 atom stereocenters. The predicted octanol–water partition coefficient (Wildman–Crippen LogP) is 2.83. The maximum absolute atomic E-state index is 5.65. The number of rotatable bonds is 4. The molecule has 4 nitrogen and oxygen atoms in total. The van der Waals surface area contributed by atoms with E-state index in [0.717, 1.165) is 17.2 Å². The van der Waals surface area contributed by atoms with Crippen LogP contribution in [0.5, 0.6) is 5.75 Å². The summed E-state index contributed by atoms with van der Waals surface area (Å²) in [5.74, 6) is 2.74. The SMILES string of the molecule is Cc1ccccc1OCc1noc(C2CC2)n1. The summed E-state index contributed by atoms with van der Waals surface area (Å²) < 4.78 is 10.8. The van der Waals surface area contributed by atoms with Crippen LogP contribution in [0.1, 0.15) is 36.0 Å². The molecule has 1 saturated carbocycles. The van der Waals surface area contributed by atoms with Gasteiger partial charge in [0.1, 0.15) is 5.75 Å². The number of ether oxygens (including phenoxy) is 1. The molecule has 1 aliphatic carbocycles. The molecule has 0 spiro atoms. The lowest BCUT2D eigenvalue weighted by molar-refractivity contribution is 0.283. The third-order valence-corrected chi connectivity index (χ3v) is 2.86. The Morgan fingerprint density at radius 2 is 2.18 bits per heavy atom. The first-order chi connectivity index (χ1) is 8.33. The van der Waals surface area contributed by atoms with Gasteiger partial charge in [-0.2, -0.15) is 4.98 Å². The van der Waals surface area contributed by atoms with Crippen LogP contribution >= 0.6 is 0 Å². The average molecular weight is 230 g/mol. The van der Waals surface area contributed by atoms with Crippen molar-refractivity contribution in [3.8, 4) is 5.75 Å². The van der Waals surface area contributed by atoms with Gasteiger partial charge in [0.25, 0.3) is 0 Å². The van der Waals surface area contributed by atoms with Crippen molar-refractivity contribution in [2.45, 2.75) is 32.3 Å². The fourth-order valence-electron chi connectivity index (χ4n) is 1.68. The highest BCUT2D eigenvalue weighted by Gasteiger charge is 2.29. The fourth-order valence-corrected chi connectivity index (χ4v) is 1.68. The molecule has 0 amide bonds. The van der Waals surface area contributed by atoms with Gasteiger partial charge >= 0.3 is 0 Å². The molecule has 2 aromatic rings. The molecule has 0 aliphatic heterocycles. The van der Waals surface area contributed by atoms with Crippen LogP contribution in [0, 0.1) is 6.92 Å². The van der Waals surface area contributed by atoms with Crippen LogP contribution < -0.4 is 4.74 Å². The van der Waals surface area contributed by atoms with Crippen molar-refractivity contribution in [2.75, 3.05) is 0 Å². The molecule has 0 unspecified atom stereocenters. The highest BCUT2D eigenvalue weighted by atomic mass is 16.5. The Morgan fingerprint density at radius 3 is 2.94 bits per heavy atom. The summed E-state index contributed by atoms with van der Waals surface area (Å²) in [6.07, 6.45) is 2.33. The van der Waals surface area contributed by atoms with Crippen molar-refractivity contribution in [1.29, 1.82) is 0 Å². The van der Waals surface area contributed by atoms with Crippen molar-refractivity contribution >= 4 is 0 Å². The normalized spacial score (nSPS) is 14.9. The number of hydrogen-bond acceptors (Lipinski definition) is 4. The lowest BCUT2D eigenvalue weighted by Gasteiger charge is -2.05. The summed E-state index contributed by atoms with van der Waals surface area (Å²) >= 11 is 0. The van der Waals surface area contributed by atoms with Crippen LogP contribution in [0.4, 0.5) is 0 Å². The van der Waals surface area contributed by atoms with Gasteiger partial charge in [-0.25, -0.2) is 0 Å². The molecule has 17 heavy (non-hydrogen) atoms. The Morgan fingerprint density at radius 1 is 1.35 bits per heavy atom. The Bertz CT molecular complexity index is 518. The van der Waals surface area contributed by atoms with Crippen molar-refractivity contribution in [2.24, 2.45) is 0 Å². The van der Waals surface area contributed by atoms with Crippen LogP contribution in [0.3, 0.4) is 0 Å². The Hall–Kier alpha value is -1.84. The quantitative estimate of drug-likeness (QED) is 0.810.